The molecule has 17 heavy (non-hydrogen) atoms. The van der Waals surface area contributed by atoms with Gasteiger partial charge in [0.1, 0.15) is 0 Å². The van der Waals surface area contributed by atoms with Crippen molar-refractivity contribution >= 4 is 5.91 Å². The lowest BCUT2D eigenvalue weighted by atomic mass is 10.2. The van der Waals surface area contributed by atoms with Gasteiger partial charge in [-0.2, -0.15) is 5.26 Å². The highest BCUT2D eigenvalue weighted by Gasteiger charge is 2.26. The fourth-order valence-corrected chi connectivity index (χ4v) is 1.73. The minimum atomic E-state index is 0.120. The van der Waals surface area contributed by atoms with Crippen LogP contribution in [0.4, 0.5) is 0 Å². The van der Waals surface area contributed by atoms with E-state index in [9.17, 15) is 4.79 Å². The smallest absolute Gasteiger partial charge is 0.236 e. The number of nitriles is 1. The van der Waals surface area contributed by atoms with Gasteiger partial charge in [-0.25, -0.2) is 0 Å². The third-order valence-corrected chi connectivity index (χ3v) is 3.24. The maximum Gasteiger partial charge on any atom is 0.236 e. The molecule has 0 N–H and O–H groups in total. The Balaban J connectivity index is 2.36. The van der Waals surface area contributed by atoms with Gasteiger partial charge >= 0.3 is 0 Å². The van der Waals surface area contributed by atoms with Crippen LogP contribution in [0.1, 0.15) is 33.1 Å². The average Bonchev–Trinajstić information content (AvgIpc) is 3.08. The fraction of sp³-hybridized carbons (Fsp3) is 0.846. The third-order valence-electron chi connectivity index (χ3n) is 3.24. The first-order valence-corrected chi connectivity index (χ1v) is 6.39. The summed E-state index contributed by atoms with van der Waals surface area (Å²) in [6.07, 6.45) is 3.02. The molecule has 1 fully saturated rings. The standard InChI is InChI=1S/C13H23N3O/c1-11(2)16(9-12-5-6-12)10-13(17)15(3)8-4-7-14/h11-12H,4-6,8-10H2,1-3H3. The molecule has 4 heteroatoms. The van der Waals surface area contributed by atoms with Gasteiger partial charge in [-0.05, 0) is 32.6 Å². The Kier molecular flexibility index (Phi) is 5.43. The summed E-state index contributed by atoms with van der Waals surface area (Å²) in [4.78, 5) is 15.8. The van der Waals surface area contributed by atoms with Crippen LogP contribution in [0, 0.1) is 17.2 Å². The van der Waals surface area contributed by atoms with Gasteiger partial charge in [0.2, 0.25) is 5.91 Å². The summed E-state index contributed by atoms with van der Waals surface area (Å²) >= 11 is 0. The molecule has 0 heterocycles. The predicted molar refractivity (Wildman–Crippen MR) is 67.3 cm³/mol. The highest BCUT2D eigenvalue weighted by atomic mass is 16.2. The van der Waals surface area contributed by atoms with Crippen LogP contribution in [-0.4, -0.2) is 48.4 Å². The number of hydrogen-bond donors (Lipinski definition) is 0. The Labute approximate surface area is 104 Å². The van der Waals surface area contributed by atoms with Gasteiger partial charge in [0.05, 0.1) is 19.0 Å². The molecular formula is C13H23N3O. The van der Waals surface area contributed by atoms with Crippen molar-refractivity contribution in [2.24, 2.45) is 5.92 Å². The number of hydrogen-bond acceptors (Lipinski definition) is 3. The van der Waals surface area contributed by atoms with Crippen LogP contribution in [0.25, 0.3) is 0 Å². The Morgan fingerprint density at radius 1 is 1.47 bits per heavy atom. The van der Waals surface area contributed by atoms with E-state index in [1.165, 1.54) is 12.8 Å². The van der Waals surface area contributed by atoms with Gasteiger partial charge in [-0.3, -0.25) is 9.69 Å². The molecule has 1 rings (SSSR count). The third kappa shape index (κ3) is 5.18. The molecule has 0 aromatic carbocycles. The molecule has 0 atom stereocenters. The first-order chi connectivity index (χ1) is 8.04. The highest BCUT2D eigenvalue weighted by Crippen LogP contribution is 2.30. The van der Waals surface area contributed by atoms with Gasteiger partial charge in [-0.15, -0.1) is 0 Å². The molecule has 0 unspecified atom stereocenters. The monoisotopic (exact) mass is 237 g/mol. The molecule has 1 aliphatic carbocycles. The van der Waals surface area contributed by atoms with Crippen LogP contribution in [-0.2, 0) is 4.79 Å². The summed E-state index contributed by atoms with van der Waals surface area (Å²) in [5, 5.41) is 8.50. The fourth-order valence-electron chi connectivity index (χ4n) is 1.73. The molecule has 0 aliphatic heterocycles. The Hall–Kier alpha value is -1.08. The van der Waals surface area contributed by atoms with Crippen molar-refractivity contribution in [3.8, 4) is 6.07 Å². The zero-order chi connectivity index (χ0) is 12.8. The molecule has 0 radical (unpaired) electrons. The number of carbonyl (C=O) groups excluding carboxylic acids is 1. The van der Waals surface area contributed by atoms with Crippen LogP contribution in [0.2, 0.25) is 0 Å². The van der Waals surface area contributed by atoms with Crippen molar-refractivity contribution in [1.29, 1.82) is 5.26 Å². The molecule has 0 bridgehead atoms. The van der Waals surface area contributed by atoms with E-state index in [-0.39, 0.29) is 5.91 Å². The maximum absolute atomic E-state index is 11.9. The normalized spacial score (nSPS) is 15.1. The number of rotatable bonds is 7. The van der Waals surface area contributed by atoms with Gasteiger partial charge in [0, 0.05) is 26.2 Å². The van der Waals surface area contributed by atoms with Crippen molar-refractivity contribution in [1.82, 2.24) is 9.80 Å². The van der Waals surface area contributed by atoms with Crippen LogP contribution >= 0.6 is 0 Å². The quantitative estimate of drug-likeness (QED) is 0.674. The van der Waals surface area contributed by atoms with Crippen LogP contribution in [0.15, 0.2) is 0 Å². The first kappa shape index (κ1) is 14.0. The zero-order valence-corrected chi connectivity index (χ0v) is 11.1. The van der Waals surface area contributed by atoms with Crippen molar-refractivity contribution in [2.75, 3.05) is 26.7 Å². The zero-order valence-electron chi connectivity index (χ0n) is 11.1. The van der Waals surface area contributed by atoms with E-state index in [1.54, 1.807) is 11.9 Å². The molecule has 0 spiro atoms. The topological polar surface area (TPSA) is 47.3 Å². The SMILES string of the molecule is CC(C)N(CC(=O)N(C)CCC#N)CC1CC1. The number of nitrogens with zero attached hydrogens (tertiary/aromatic N) is 3. The van der Waals surface area contributed by atoms with E-state index in [2.05, 4.69) is 24.8 Å². The minimum Gasteiger partial charge on any atom is -0.344 e. The van der Waals surface area contributed by atoms with E-state index in [1.807, 2.05) is 0 Å². The molecule has 1 aliphatic rings. The predicted octanol–water partition coefficient (Wildman–Crippen LogP) is 1.48. The van der Waals surface area contributed by atoms with E-state index in [4.69, 9.17) is 5.26 Å². The number of carbonyl (C=O) groups is 1. The van der Waals surface area contributed by atoms with Gasteiger partial charge < -0.3 is 4.90 Å². The summed E-state index contributed by atoms with van der Waals surface area (Å²) in [6, 6.07) is 2.47. The molecule has 4 nitrogen and oxygen atoms in total. The van der Waals surface area contributed by atoms with Crippen molar-refractivity contribution in [2.45, 2.75) is 39.2 Å². The second-order valence-electron chi connectivity index (χ2n) is 5.19. The van der Waals surface area contributed by atoms with Gasteiger partial charge in [0.25, 0.3) is 0 Å². The van der Waals surface area contributed by atoms with Crippen LogP contribution in [0.3, 0.4) is 0 Å². The lowest BCUT2D eigenvalue weighted by Crippen LogP contribution is -2.42. The lowest BCUT2D eigenvalue weighted by molar-refractivity contribution is -0.131. The largest absolute Gasteiger partial charge is 0.344 e. The van der Waals surface area contributed by atoms with Crippen molar-refractivity contribution < 1.29 is 4.79 Å². The molecule has 1 amide bonds. The van der Waals surface area contributed by atoms with Gasteiger partial charge in [0.15, 0.2) is 0 Å². The van der Waals surface area contributed by atoms with Crippen LogP contribution < -0.4 is 0 Å². The summed E-state index contributed by atoms with van der Waals surface area (Å²) in [5.74, 6) is 0.921. The Bertz CT molecular complexity index is 292. The van der Waals surface area contributed by atoms with Crippen molar-refractivity contribution in [3.63, 3.8) is 0 Å². The second kappa shape index (κ2) is 6.61. The molecular weight excluding hydrogens is 214 g/mol. The van der Waals surface area contributed by atoms with E-state index >= 15 is 0 Å². The molecule has 0 aromatic heterocycles. The molecule has 1 saturated carbocycles. The lowest BCUT2D eigenvalue weighted by Gasteiger charge is -2.28. The summed E-state index contributed by atoms with van der Waals surface area (Å²) in [5.41, 5.74) is 0. The highest BCUT2D eigenvalue weighted by molar-refractivity contribution is 5.78. The van der Waals surface area contributed by atoms with Crippen LogP contribution in [0.5, 0.6) is 0 Å². The van der Waals surface area contributed by atoms with Crippen molar-refractivity contribution in [3.05, 3.63) is 0 Å². The van der Waals surface area contributed by atoms with Gasteiger partial charge in [-0.1, -0.05) is 0 Å². The summed E-state index contributed by atoms with van der Waals surface area (Å²) < 4.78 is 0. The van der Waals surface area contributed by atoms with E-state index in [0.717, 1.165) is 12.5 Å². The summed E-state index contributed by atoms with van der Waals surface area (Å²) in [6.45, 7) is 6.31. The van der Waals surface area contributed by atoms with E-state index in [0.29, 0.717) is 25.6 Å². The maximum atomic E-state index is 11.9. The second-order valence-corrected chi connectivity index (χ2v) is 5.19. The number of likely N-dealkylation sites (N-methyl/N-ethyl adjacent to an activating group) is 1. The molecule has 0 saturated heterocycles. The minimum absolute atomic E-state index is 0.120. The van der Waals surface area contributed by atoms with E-state index < -0.39 is 0 Å². The molecule has 0 aromatic rings. The Morgan fingerprint density at radius 3 is 2.59 bits per heavy atom. The average molecular weight is 237 g/mol. The summed E-state index contributed by atoms with van der Waals surface area (Å²) in [7, 11) is 1.77. The Morgan fingerprint density at radius 2 is 2.12 bits per heavy atom. The molecule has 96 valence electrons. The number of amides is 1. The first-order valence-electron chi connectivity index (χ1n) is 6.39.